The maximum Gasteiger partial charge on any atom is 0.265 e. The second-order valence-corrected chi connectivity index (χ2v) is 9.05. The van der Waals surface area contributed by atoms with Crippen LogP contribution in [0.5, 0.6) is 11.5 Å². The fourth-order valence-corrected chi connectivity index (χ4v) is 4.05. The summed E-state index contributed by atoms with van der Waals surface area (Å²) in [6, 6.07) is 11.7. The second kappa shape index (κ2) is 8.38. The first-order valence-electron chi connectivity index (χ1n) is 9.77. The van der Waals surface area contributed by atoms with Crippen LogP contribution in [0.25, 0.3) is 11.4 Å². The molecular formula is C21H21N3O6S. The van der Waals surface area contributed by atoms with Crippen LogP contribution in [0.1, 0.15) is 19.7 Å². The normalized spacial score (nSPS) is 13.6. The van der Waals surface area contributed by atoms with Crippen molar-refractivity contribution in [2.24, 2.45) is 0 Å². The highest BCUT2D eigenvalue weighted by Crippen LogP contribution is 2.35. The molecule has 0 aliphatic carbocycles. The van der Waals surface area contributed by atoms with Crippen LogP contribution in [0.15, 0.2) is 51.9 Å². The van der Waals surface area contributed by atoms with Crippen LogP contribution >= 0.6 is 0 Å². The van der Waals surface area contributed by atoms with E-state index in [0.717, 1.165) is 11.3 Å². The fourth-order valence-electron chi connectivity index (χ4n) is 3.15. The molecule has 0 N–H and O–H groups in total. The zero-order valence-electron chi connectivity index (χ0n) is 17.1. The Labute approximate surface area is 179 Å². The number of hydrogen-bond acceptors (Lipinski definition) is 8. The molecule has 0 spiro atoms. The van der Waals surface area contributed by atoms with Gasteiger partial charge in [-0.25, -0.2) is 8.42 Å². The topological polar surface area (TPSA) is 112 Å². The van der Waals surface area contributed by atoms with Crippen LogP contribution in [0, 0.1) is 0 Å². The van der Waals surface area contributed by atoms with Crippen molar-refractivity contribution in [3.05, 3.63) is 48.4 Å². The first-order valence-corrected chi connectivity index (χ1v) is 11.4. The minimum Gasteiger partial charge on any atom is -0.494 e. The average molecular weight is 443 g/mol. The Morgan fingerprint density at radius 3 is 2.61 bits per heavy atom. The van der Waals surface area contributed by atoms with Crippen LogP contribution in [0.3, 0.4) is 0 Å². The highest BCUT2D eigenvalue weighted by atomic mass is 32.2. The Bertz CT molecular complexity index is 1200. The van der Waals surface area contributed by atoms with Crippen molar-refractivity contribution in [2.75, 3.05) is 23.9 Å². The highest BCUT2D eigenvalue weighted by molar-refractivity contribution is 7.91. The first-order chi connectivity index (χ1) is 14.9. The summed E-state index contributed by atoms with van der Waals surface area (Å²) in [5, 5.41) is 3.99. The predicted molar refractivity (Wildman–Crippen MR) is 112 cm³/mol. The number of aromatic nitrogens is 2. The summed E-state index contributed by atoms with van der Waals surface area (Å²) in [6.45, 7) is 3.88. The van der Waals surface area contributed by atoms with Crippen molar-refractivity contribution in [3.8, 4) is 22.9 Å². The number of benzene rings is 2. The predicted octanol–water partition coefficient (Wildman–Crippen LogP) is 2.85. The minimum absolute atomic E-state index is 0.00511. The van der Waals surface area contributed by atoms with Gasteiger partial charge in [0.1, 0.15) is 18.0 Å². The van der Waals surface area contributed by atoms with E-state index in [9.17, 15) is 13.2 Å². The largest absolute Gasteiger partial charge is 0.494 e. The minimum atomic E-state index is -3.44. The lowest BCUT2D eigenvalue weighted by Crippen LogP contribution is -2.38. The van der Waals surface area contributed by atoms with E-state index in [0.29, 0.717) is 23.9 Å². The van der Waals surface area contributed by atoms with Crippen LogP contribution in [-0.2, 0) is 21.2 Å². The Morgan fingerprint density at radius 1 is 1.13 bits per heavy atom. The van der Waals surface area contributed by atoms with Crippen molar-refractivity contribution in [1.82, 2.24) is 10.1 Å². The molecule has 0 atom stereocenters. The number of carbonyl (C=O) groups excluding carboxylic acids is 1. The van der Waals surface area contributed by atoms with Gasteiger partial charge in [-0.05, 0) is 49.4 Å². The van der Waals surface area contributed by atoms with Crippen LogP contribution in [-0.4, -0.2) is 43.4 Å². The van der Waals surface area contributed by atoms with Gasteiger partial charge in [0, 0.05) is 5.56 Å². The van der Waals surface area contributed by atoms with Crippen molar-refractivity contribution < 1.29 is 27.2 Å². The molecule has 1 aliphatic rings. The van der Waals surface area contributed by atoms with Crippen molar-refractivity contribution in [1.29, 1.82) is 0 Å². The Morgan fingerprint density at radius 2 is 1.90 bits per heavy atom. The van der Waals surface area contributed by atoms with Crippen LogP contribution < -0.4 is 14.4 Å². The Kier molecular flexibility index (Phi) is 5.64. The quantitative estimate of drug-likeness (QED) is 0.548. The zero-order chi connectivity index (χ0) is 22.0. The Hall–Kier alpha value is -3.40. The number of amides is 1. The van der Waals surface area contributed by atoms with E-state index in [1.165, 1.54) is 17.0 Å². The number of carbonyl (C=O) groups is 1. The summed E-state index contributed by atoms with van der Waals surface area (Å²) in [5.41, 5.74) is 1.09. The monoisotopic (exact) mass is 443 g/mol. The van der Waals surface area contributed by atoms with Gasteiger partial charge in [-0.1, -0.05) is 12.1 Å². The van der Waals surface area contributed by atoms with Gasteiger partial charge in [0.05, 0.1) is 22.9 Å². The molecule has 0 unspecified atom stereocenters. The summed E-state index contributed by atoms with van der Waals surface area (Å²) >= 11 is 0. The summed E-state index contributed by atoms with van der Waals surface area (Å²) in [5.74, 6) is 1.37. The summed E-state index contributed by atoms with van der Waals surface area (Å²) in [6.07, 6.45) is 0. The number of nitrogens with zero attached hydrogens (tertiary/aromatic N) is 3. The van der Waals surface area contributed by atoms with Gasteiger partial charge < -0.3 is 14.0 Å². The molecule has 31 heavy (non-hydrogen) atoms. The second-order valence-electron chi connectivity index (χ2n) is 6.77. The highest BCUT2D eigenvalue weighted by Gasteiger charge is 2.29. The SMILES string of the molecule is CCOc1ccc(-c2noc(CN3C(=O)COc4ccc(S(=O)(=O)CC)cc43)n2)cc1. The van der Waals surface area contributed by atoms with Gasteiger partial charge in [-0.2, -0.15) is 4.98 Å². The first kappa shape index (κ1) is 20.9. The molecule has 9 nitrogen and oxygen atoms in total. The molecule has 2 heterocycles. The smallest absolute Gasteiger partial charge is 0.265 e. The van der Waals surface area contributed by atoms with Crippen molar-refractivity contribution in [3.63, 3.8) is 0 Å². The molecule has 10 heteroatoms. The fraction of sp³-hybridized carbons (Fsp3) is 0.286. The third-order valence-electron chi connectivity index (χ3n) is 4.80. The number of hydrogen-bond donors (Lipinski definition) is 0. The number of rotatable bonds is 7. The lowest BCUT2D eigenvalue weighted by atomic mass is 10.2. The molecule has 0 saturated carbocycles. The van der Waals surface area contributed by atoms with Crippen molar-refractivity contribution >= 4 is 21.4 Å². The molecule has 1 amide bonds. The molecule has 162 valence electrons. The summed E-state index contributed by atoms with van der Waals surface area (Å²) in [4.78, 5) is 18.4. The molecular weight excluding hydrogens is 422 g/mol. The van der Waals surface area contributed by atoms with Gasteiger partial charge in [-0.3, -0.25) is 9.69 Å². The number of sulfone groups is 1. The van der Waals surface area contributed by atoms with E-state index >= 15 is 0 Å². The van der Waals surface area contributed by atoms with E-state index in [-0.39, 0.29) is 35.6 Å². The third kappa shape index (κ3) is 4.24. The lowest BCUT2D eigenvalue weighted by molar-refractivity contribution is -0.121. The van der Waals surface area contributed by atoms with Crippen LogP contribution in [0.4, 0.5) is 5.69 Å². The standard InChI is InChI=1S/C21H21N3O6S/c1-3-28-15-7-5-14(6-8-15)21-22-19(30-23-21)12-24-17-11-16(31(26,27)4-2)9-10-18(17)29-13-20(24)25/h5-11H,3-4,12-13H2,1-2H3. The van der Waals surface area contributed by atoms with E-state index in [1.807, 2.05) is 31.2 Å². The van der Waals surface area contributed by atoms with E-state index in [4.69, 9.17) is 14.0 Å². The van der Waals surface area contributed by atoms with Crippen molar-refractivity contribution in [2.45, 2.75) is 25.3 Å². The van der Waals surface area contributed by atoms with E-state index < -0.39 is 9.84 Å². The van der Waals surface area contributed by atoms with Gasteiger partial charge >= 0.3 is 0 Å². The zero-order valence-corrected chi connectivity index (χ0v) is 17.9. The Balaban J connectivity index is 1.60. The molecule has 0 radical (unpaired) electrons. The van der Waals surface area contributed by atoms with E-state index in [2.05, 4.69) is 10.1 Å². The average Bonchev–Trinajstić information content (AvgIpc) is 3.25. The molecule has 1 aromatic heterocycles. The molecule has 2 aromatic carbocycles. The number of fused-ring (bicyclic) bond motifs is 1. The third-order valence-corrected chi connectivity index (χ3v) is 6.53. The van der Waals surface area contributed by atoms with Gasteiger partial charge in [-0.15, -0.1) is 0 Å². The van der Waals surface area contributed by atoms with E-state index in [1.54, 1.807) is 13.0 Å². The molecule has 3 aromatic rings. The molecule has 1 aliphatic heterocycles. The van der Waals surface area contributed by atoms with Gasteiger partial charge in [0.2, 0.25) is 11.7 Å². The summed E-state index contributed by atoms with van der Waals surface area (Å²) in [7, 11) is -3.44. The maximum absolute atomic E-state index is 12.5. The number of ether oxygens (including phenoxy) is 2. The van der Waals surface area contributed by atoms with Gasteiger partial charge in [0.25, 0.3) is 5.91 Å². The number of anilines is 1. The lowest BCUT2D eigenvalue weighted by Gasteiger charge is -2.28. The molecule has 4 rings (SSSR count). The van der Waals surface area contributed by atoms with Gasteiger partial charge in [0.15, 0.2) is 16.4 Å². The summed E-state index contributed by atoms with van der Waals surface area (Å²) < 4.78 is 40.7. The van der Waals surface area contributed by atoms with Crippen LogP contribution in [0.2, 0.25) is 0 Å². The maximum atomic E-state index is 12.5. The molecule has 0 saturated heterocycles. The molecule has 0 fully saturated rings. The molecule has 0 bridgehead atoms.